The van der Waals surface area contributed by atoms with Crippen molar-refractivity contribution in [1.82, 2.24) is 19.9 Å². The van der Waals surface area contributed by atoms with Gasteiger partial charge in [-0.25, -0.2) is 4.98 Å². The number of aromatic hydroxyl groups is 1. The third-order valence-electron chi connectivity index (χ3n) is 6.18. The van der Waals surface area contributed by atoms with Crippen LogP contribution in [-0.2, 0) is 6.54 Å². The predicted octanol–water partition coefficient (Wildman–Crippen LogP) is 4.34. The minimum absolute atomic E-state index is 0.360. The molecule has 2 aromatic heterocycles. The van der Waals surface area contributed by atoms with E-state index in [1.165, 1.54) is 5.56 Å². The number of hydrogen-bond donors (Lipinski definition) is 1. The van der Waals surface area contributed by atoms with Gasteiger partial charge in [-0.1, -0.05) is 12.1 Å². The molecule has 32 heavy (non-hydrogen) atoms. The van der Waals surface area contributed by atoms with Crippen LogP contribution in [0.15, 0.2) is 61.1 Å². The summed E-state index contributed by atoms with van der Waals surface area (Å²) < 4.78 is 0. The first-order valence-electron chi connectivity index (χ1n) is 11.0. The number of piperazine rings is 1. The molecule has 1 N–H and O–H groups in total. The molecule has 0 bridgehead atoms. The van der Waals surface area contributed by atoms with Gasteiger partial charge in [0.2, 0.25) is 0 Å². The summed E-state index contributed by atoms with van der Waals surface area (Å²) in [6.07, 6.45) is 5.64. The number of anilines is 1. The van der Waals surface area contributed by atoms with Gasteiger partial charge in [0.15, 0.2) is 0 Å². The minimum Gasteiger partial charge on any atom is -0.507 e. The number of nitrogens with zero attached hydrogens (tertiary/aromatic N) is 5. The molecule has 6 nitrogen and oxygen atoms in total. The van der Waals surface area contributed by atoms with E-state index in [4.69, 9.17) is 4.98 Å². The van der Waals surface area contributed by atoms with Crippen LogP contribution in [0.2, 0.25) is 0 Å². The molecule has 0 atom stereocenters. The summed E-state index contributed by atoms with van der Waals surface area (Å²) in [5, 5.41) is 10.1. The normalized spacial score (nSPS) is 14.8. The zero-order chi connectivity index (χ0) is 22.1. The second-order valence-corrected chi connectivity index (χ2v) is 8.51. The highest BCUT2D eigenvalue weighted by Gasteiger charge is 2.19. The highest BCUT2D eigenvalue weighted by atomic mass is 16.3. The number of aryl methyl sites for hydroxylation is 2. The summed E-state index contributed by atoms with van der Waals surface area (Å²) >= 11 is 0. The van der Waals surface area contributed by atoms with Crippen molar-refractivity contribution >= 4 is 16.9 Å². The molecule has 0 unspecified atom stereocenters. The van der Waals surface area contributed by atoms with E-state index in [0.717, 1.165) is 71.8 Å². The Balaban J connectivity index is 1.34. The van der Waals surface area contributed by atoms with Gasteiger partial charge in [0.05, 0.1) is 17.2 Å². The van der Waals surface area contributed by atoms with Crippen molar-refractivity contribution in [2.24, 2.45) is 0 Å². The molecule has 0 saturated carbocycles. The van der Waals surface area contributed by atoms with Crippen molar-refractivity contribution in [3.05, 3.63) is 77.7 Å². The van der Waals surface area contributed by atoms with E-state index >= 15 is 0 Å². The van der Waals surface area contributed by atoms with E-state index < -0.39 is 0 Å². The maximum atomic E-state index is 10.1. The SMILES string of the molecule is Cc1cc(-c2ccc3ncc(N4CCN(Cc5cccnc5)CC4)nc3c2)cc(C)c1O. The Kier molecular flexibility index (Phi) is 5.45. The van der Waals surface area contributed by atoms with Crippen molar-refractivity contribution < 1.29 is 5.11 Å². The third-order valence-corrected chi connectivity index (χ3v) is 6.18. The van der Waals surface area contributed by atoms with E-state index in [1.54, 1.807) is 0 Å². The molecule has 2 aromatic carbocycles. The second-order valence-electron chi connectivity index (χ2n) is 8.51. The molecule has 1 fully saturated rings. The second kappa shape index (κ2) is 8.55. The fourth-order valence-corrected chi connectivity index (χ4v) is 4.34. The van der Waals surface area contributed by atoms with Crippen LogP contribution in [0.1, 0.15) is 16.7 Å². The fraction of sp³-hybridized carbons (Fsp3) is 0.269. The van der Waals surface area contributed by atoms with Crippen LogP contribution in [0.4, 0.5) is 5.82 Å². The highest BCUT2D eigenvalue weighted by molar-refractivity contribution is 5.82. The number of fused-ring (bicyclic) bond motifs is 1. The first-order chi connectivity index (χ1) is 15.6. The first kappa shape index (κ1) is 20.4. The Labute approximate surface area is 188 Å². The number of rotatable bonds is 4. The Morgan fingerprint density at radius 2 is 1.66 bits per heavy atom. The monoisotopic (exact) mass is 425 g/mol. The topological polar surface area (TPSA) is 65.4 Å². The van der Waals surface area contributed by atoms with Gasteiger partial charge in [-0.3, -0.25) is 14.9 Å². The van der Waals surface area contributed by atoms with Crippen LogP contribution < -0.4 is 4.90 Å². The zero-order valence-electron chi connectivity index (χ0n) is 18.5. The van der Waals surface area contributed by atoms with Gasteiger partial charge < -0.3 is 10.0 Å². The van der Waals surface area contributed by atoms with Crippen molar-refractivity contribution in [2.45, 2.75) is 20.4 Å². The smallest absolute Gasteiger partial charge is 0.147 e. The molecule has 0 aliphatic carbocycles. The largest absolute Gasteiger partial charge is 0.507 e. The number of hydrogen-bond acceptors (Lipinski definition) is 6. The van der Waals surface area contributed by atoms with Crippen molar-refractivity contribution in [2.75, 3.05) is 31.1 Å². The van der Waals surface area contributed by atoms with Gasteiger partial charge in [-0.05, 0) is 72.0 Å². The van der Waals surface area contributed by atoms with Crippen molar-refractivity contribution in [3.63, 3.8) is 0 Å². The van der Waals surface area contributed by atoms with Crippen LogP contribution in [0, 0.1) is 13.8 Å². The zero-order valence-corrected chi connectivity index (χ0v) is 18.5. The molecule has 3 heterocycles. The molecule has 162 valence electrons. The highest BCUT2D eigenvalue weighted by Crippen LogP contribution is 2.30. The summed E-state index contributed by atoms with van der Waals surface area (Å²) in [4.78, 5) is 18.6. The summed E-state index contributed by atoms with van der Waals surface area (Å²) in [7, 11) is 0. The molecule has 4 aromatic rings. The van der Waals surface area contributed by atoms with Crippen LogP contribution in [0.25, 0.3) is 22.2 Å². The molecule has 1 aliphatic heterocycles. The summed E-state index contributed by atoms with van der Waals surface area (Å²) in [6, 6.07) is 14.3. The lowest BCUT2D eigenvalue weighted by Crippen LogP contribution is -2.46. The number of benzene rings is 2. The van der Waals surface area contributed by atoms with E-state index in [0.29, 0.717) is 5.75 Å². The van der Waals surface area contributed by atoms with Gasteiger partial charge in [-0.2, -0.15) is 0 Å². The molecule has 0 amide bonds. The molecule has 1 aliphatic rings. The molecular weight excluding hydrogens is 398 g/mol. The van der Waals surface area contributed by atoms with Gasteiger partial charge in [0.25, 0.3) is 0 Å². The molecule has 6 heteroatoms. The Morgan fingerprint density at radius 3 is 2.38 bits per heavy atom. The quantitative estimate of drug-likeness (QED) is 0.525. The first-order valence-corrected chi connectivity index (χ1v) is 11.0. The van der Waals surface area contributed by atoms with E-state index in [2.05, 4.69) is 38.0 Å². The summed E-state index contributed by atoms with van der Waals surface area (Å²) in [6.45, 7) is 8.62. The summed E-state index contributed by atoms with van der Waals surface area (Å²) in [5.74, 6) is 1.29. The molecule has 5 rings (SSSR count). The van der Waals surface area contributed by atoms with Crippen LogP contribution in [-0.4, -0.2) is 51.1 Å². The molecular formula is C26H27N5O. The molecule has 1 saturated heterocycles. The molecule has 0 spiro atoms. The summed E-state index contributed by atoms with van der Waals surface area (Å²) in [5.41, 5.74) is 6.94. The van der Waals surface area contributed by atoms with Crippen molar-refractivity contribution in [3.8, 4) is 16.9 Å². The maximum absolute atomic E-state index is 10.1. The number of pyridine rings is 1. The number of phenolic OH excluding ortho intramolecular Hbond substituents is 1. The van der Waals surface area contributed by atoms with Crippen LogP contribution in [0.5, 0.6) is 5.75 Å². The average molecular weight is 426 g/mol. The lowest BCUT2D eigenvalue weighted by molar-refractivity contribution is 0.249. The van der Waals surface area contributed by atoms with E-state index in [-0.39, 0.29) is 0 Å². The van der Waals surface area contributed by atoms with Crippen molar-refractivity contribution in [1.29, 1.82) is 0 Å². The van der Waals surface area contributed by atoms with E-state index in [9.17, 15) is 5.11 Å². The van der Waals surface area contributed by atoms with Gasteiger partial charge in [-0.15, -0.1) is 0 Å². The predicted molar refractivity (Wildman–Crippen MR) is 128 cm³/mol. The third kappa shape index (κ3) is 4.14. The average Bonchev–Trinajstić information content (AvgIpc) is 2.82. The van der Waals surface area contributed by atoms with Crippen LogP contribution in [0.3, 0.4) is 0 Å². The Hall–Kier alpha value is -3.51. The lowest BCUT2D eigenvalue weighted by atomic mass is 9.99. The van der Waals surface area contributed by atoms with Gasteiger partial charge >= 0.3 is 0 Å². The number of aromatic nitrogens is 3. The standard InChI is InChI=1S/C26H27N5O/c1-18-12-22(13-19(2)26(18)32)21-5-6-23-24(14-21)29-25(16-28-23)31-10-8-30(9-11-31)17-20-4-3-7-27-15-20/h3-7,12-16,32H,8-11,17H2,1-2H3. The molecule has 0 radical (unpaired) electrons. The Bertz CT molecular complexity index is 1230. The fourth-order valence-electron chi connectivity index (χ4n) is 4.34. The number of phenols is 1. The van der Waals surface area contributed by atoms with Gasteiger partial charge in [0.1, 0.15) is 11.6 Å². The van der Waals surface area contributed by atoms with Crippen LogP contribution >= 0.6 is 0 Å². The van der Waals surface area contributed by atoms with Gasteiger partial charge in [0, 0.05) is 45.1 Å². The minimum atomic E-state index is 0.360. The maximum Gasteiger partial charge on any atom is 0.147 e. The lowest BCUT2D eigenvalue weighted by Gasteiger charge is -2.35. The Morgan fingerprint density at radius 1 is 0.875 bits per heavy atom. The van der Waals surface area contributed by atoms with E-state index in [1.807, 2.05) is 56.7 Å².